The molecule has 1 aromatic carbocycles. The van der Waals surface area contributed by atoms with Gasteiger partial charge in [0.05, 0.1) is 11.6 Å². The van der Waals surface area contributed by atoms with E-state index in [1.807, 2.05) is 12.1 Å². The highest BCUT2D eigenvalue weighted by Crippen LogP contribution is 2.18. The van der Waals surface area contributed by atoms with Gasteiger partial charge < -0.3 is 5.11 Å². The van der Waals surface area contributed by atoms with Crippen LogP contribution >= 0.6 is 0 Å². The van der Waals surface area contributed by atoms with Crippen LogP contribution in [-0.2, 0) is 4.79 Å². The van der Waals surface area contributed by atoms with Crippen LogP contribution < -0.4 is 0 Å². The van der Waals surface area contributed by atoms with Crippen LogP contribution in [0.3, 0.4) is 0 Å². The number of carboxylic acid groups (broad SMARTS) is 1. The number of aliphatic carboxylic acids is 1. The topological polar surface area (TPSA) is 68.0 Å². The molecule has 0 spiro atoms. The molecule has 0 radical (unpaired) electrons. The summed E-state index contributed by atoms with van der Waals surface area (Å²) in [4.78, 5) is 14.7. The zero-order valence-corrected chi connectivity index (χ0v) is 8.74. The summed E-state index contributed by atoms with van der Waals surface area (Å²) < 4.78 is 1.60. The molecule has 0 saturated heterocycles. The molecule has 0 aliphatic carbocycles. The zero-order chi connectivity index (χ0) is 11.5. The molecule has 0 fully saturated rings. The van der Waals surface area contributed by atoms with Crippen molar-refractivity contribution in [2.45, 2.75) is 12.8 Å². The van der Waals surface area contributed by atoms with E-state index >= 15 is 0 Å². The summed E-state index contributed by atoms with van der Waals surface area (Å²) in [5.41, 5.74) is 1.56. The van der Waals surface area contributed by atoms with Gasteiger partial charge in [-0.2, -0.15) is 5.10 Å². The highest BCUT2D eigenvalue weighted by molar-refractivity contribution is 5.75. The van der Waals surface area contributed by atoms with Gasteiger partial charge in [0.15, 0.2) is 0 Å². The Morgan fingerprint density at radius 3 is 2.94 bits per heavy atom. The van der Waals surface area contributed by atoms with E-state index in [4.69, 9.17) is 5.11 Å². The van der Waals surface area contributed by atoms with E-state index in [1.54, 1.807) is 30.1 Å². The second-order valence-corrected chi connectivity index (χ2v) is 3.49. The van der Waals surface area contributed by atoms with Crippen LogP contribution in [0.2, 0.25) is 0 Å². The summed E-state index contributed by atoms with van der Waals surface area (Å²) in [6.45, 7) is 1.66. The number of rotatable bonds is 3. The van der Waals surface area contributed by atoms with Gasteiger partial charge in [0.2, 0.25) is 0 Å². The van der Waals surface area contributed by atoms with Gasteiger partial charge in [-0.3, -0.25) is 4.79 Å². The molecule has 82 valence electrons. The van der Waals surface area contributed by atoms with E-state index in [9.17, 15) is 4.79 Å². The first-order valence-corrected chi connectivity index (χ1v) is 4.86. The fraction of sp³-hybridized carbons (Fsp3) is 0.182. The fourth-order valence-electron chi connectivity index (χ4n) is 1.42. The molecule has 0 bridgehead atoms. The third kappa shape index (κ3) is 1.93. The third-order valence-electron chi connectivity index (χ3n) is 2.42. The predicted molar refractivity (Wildman–Crippen MR) is 57.4 cm³/mol. The Kier molecular flexibility index (Phi) is 2.68. The van der Waals surface area contributed by atoms with Gasteiger partial charge in [0, 0.05) is 0 Å². The van der Waals surface area contributed by atoms with Crippen LogP contribution in [-0.4, -0.2) is 25.8 Å². The number of hydrogen-bond donors (Lipinski definition) is 1. The molecular formula is C11H11N3O2. The molecule has 1 aromatic heterocycles. The fourth-order valence-corrected chi connectivity index (χ4v) is 1.42. The van der Waals surface area contributed by atoms with E-state index in [-0.39, 0.29) is 0 Å². The molecule has 2 aromatic rings. The highest BCUT2D eigenvalue weighted by atomic mass is 16.4. The van der Waals surface area contributed by atoms with Crippen molar-refractivity contribution >= 4 is 5.97 Å². The van der Waals surface area contributed by atoms with Crippen LogP contribution in [0.5, 0.6) is 0 Å². The summed E-state index contributed by atoms with van der Waals surface area (Å²) in [5.74, 6) is -1.36. The van der Waals surface area contributed by atoms with Crippen molar-refractivity contribution in [2.24, 2.45) is 0 Å². The smallest absolute Gasteiger partial charge is 0.310 e. The van der Waals surface area contributed by atoms with Crippen LogP contribution in [0, 0.1) is 0 Å². The van der Waals surface area contributed by atoms with Gasteiger partial charge in [-0.1, -0.05) is 12.1 Å². The predicted octanol–water partition coefficient (Wildman–Crippen LogP) is 1.46. The van der Waals surface area contributed by atoms with E-state index in [0.29, 0.717) is 0 Å². The lowest BCUT2D eigenvalue weighted by atomic mass is 10.0. The van der Waals surface area contributed by atoms with Crippen LogP contribution in [0.25, 0.3) is 5.69 Å². The Labute approximate surface area is 92.4 Å². The largest absolute Gasteiger partial charge is 0.481 e. The molecule has 1 atom stereocenters. The molecule has 1 N–H and O–H groups in total. The minimum absolute atomic E-state index is 0.525. The molecule has 2 rings (SSSR count). The van der Waals surface area contributed by atoms with Crippen molar-refractivity contribution in [3.63, 3.8) is 0 Å². The molecule has 5 heteroatoms. The van der Waals surface area contributed by atoms with Gasteiger partial charge in [-0.05, 0) is 24.6 Å². The van der Waals surface area contributed by atoms with Crippen molar-refractivity contribution < 1.29 is 9.90 Å². The van der Waals surface area contributed by atoms with Gasteiger partial charge in [0.1, 0.15) is 12.7 Å². The Morgan fingerprint density at radius 1 is 1.50 bits per heavy atom. The first-order chi connectivity index (χ1) is 7.68. The average Bonchev–Trinajstić information content (AvgIpc) is 2.81. The average molecular weight is 217 g/mol. The molecule has 0 aliphatic heterocycles. The SMILES string of the molecule is CC(C(=O)O)c1cccc(-n2cncn2)c1. The van der Waals surface area contributed by atoms with Crippen molar-refractivity contribution in [3.8, 4) is 5.69 Å². The maximum atomic E-state index is 10.9. The first-order valence-electron chi connectivity index (χ1n) is 4.86. The Balaban J connectivity index is 2.37. The van der Waals surface area contributed by atoms with E-state index in [1.165, 1.54) is 6.33 Å². The minimum atomic E-state index is -0.837. The summed E-state index contributed by atoms with van der Waals surface area (Å²) in [6, 6.07) is 7.26. The van der Waals surface area contributed by atoms with Crippen molar-refractivity contribution in [1.29, 1.82) is 0 Å². The molecule has 0 aliphatic rings. The molecule has 1 unspecified atom stereocenters. The van der Waals surface area contributed by atoms with Gasteiger partial charge >= 0.3 is 5.97 Å². The maximum absolute atomic E-state index is 10.9. The number of carbonyl (C=O) groups is 1. The lowest BCUT2D eigenvalue weighted by molar-refractivity contribution is -0.138. The lowest BCUT2D eigenvalue weighted by Gasteiger charge is -2.08. The normalized spacial score (nSPS) is 12.3. The first kappa shape index (κ1) is 10.4. The second kappa shape index (κ2) is 4.14. The summed E-state index contributed by atoms with van der Waals surface area (Å²) in [7, 11) is 0. The number of hydrogen-bond acceptors (Lipinski definition) is 3. The van der Waals surface area contributed by atoms with Crippen LogP contribution in [0.1, 0.15) is 18.4 Å². The monoisotopic (exact) mass is 217 g/mol. The second-order valence-electron chi connectivity index (χ2n) is 3.49. The molecule has 1 heterocycles. The summed E-state index contributed by atoms with van der Waals surface area (Å²) in [5, 5.41) is 12.9. The minimum Gasteiger partial charge on any atom is -0.481 e. The van der Waals surface area contributed by atoms with Gasteiger partial charge in [-0.15, -0.1) is 0 Å². The molecule has 16 heavy (non-hydrogen) atoms. The quantitative estimate of drug-likeness (QED) is 0.845. The Morgan fingerprint density at radius 2 is 2.31 bits per heavy atom. The third-order valence-corrected chi connectivity index (χ3v) is 2.42. The number of carboxylic acids is 1. The highest BCUT2D eigenvalue weighted by Gasteiger charge is 2.13. The molecule has 5 nitrogen and oxygen atoms in total. The molecule has 0 amide bonds. The van der Waals surface area contributed by atoms with Gasteiger partial charge in [0.25, 0.3) is 0 Å². The molecular weight excluding hydrogens is 206 g/mol. The Bertz CT molecular complexity index is 494. The van der Waals surface area contributed by atoms with Crippen LogP contribution in [0.4, 0.5) is 0 Å². The maximum Gasteiger partial charge on any atom is 0.310 e. The van der Waals surface area contributed by atoms with Crippen LogP contribution in [0.15, 0.2) is 36.9 Å². The van der Waals surface area contributed by atoms with E-state index in [2.05, 4.69) is 10.1 Å². The molecule has 0 saturated carbocycles. The van der Waals surface area contributed by atoms with E-state index < -0.39 is 11.9 Å². The number of aromatic nitrogens is 3. The lowest BCUT2D eigenvalue weighted by Crippen LogP contribution is -2.08. The Hall–Kier alpha value is -2.17. The van der Waals surface area contributed by atoms with E-state index in [0.717, 1.165) is 11.3 Å². The zero-order valence-electron chi connectivity index (χ0n) is 8.74. The standard InChI is InChI=1S/C11H11N3O2/c1-8(11(15)16)9-3-2-4-10(5-9)14-7-12-6-13-14/h2-8H,1H3,(H,15,16). The summed E-state index contributed by atoms with van der Waals surface area (Å²) >= 11 is 0. The summed E-state index contributed by atoms with van der Waals surface area (Å²) in [6.07, 6.45) is 3.01. The van der Waals surface area contributed by atoms with Gasteiger partial charge in [-0.25, -0.2) is 9.67 Å². The van der Waals surface area contributed by atoms with Crippen molar-refractivity contribution in [3.05, 3.63) is 42.5 Å². The number of nitrogens with zero attached hydrogens (tertiary/aromatic N) is 3. The van der Waals surface area contributed by atoms with Crippen molar-refractivity contribution in [1.82, 2.24) is 14.8 Å². The van der Waals surface area contributed by atoms with Crippen molar-refractivity contribution in [2.75, 3.05) is 0 Å². The number of benzene rings is 1.